The minimum Gasteiger partial charge on any atom is -0.383 e. The fraction of sp³-hybridized carbons (Fsp3) is 0.429. The standard InChI is InChI=1S/C14H17N3O/c1-12-10-14(5-4-13(12)11-16)17(7-3-6-15)8-9-18-2/h4-5,10H,3,7-9H2,1-2H3. The molecule has 0 aromatic heterocycles. The molecule has 0 heterocycles. The minimum atomic E-state index is 0.475. The van der Waals surface area contributed by atoms with Crippen molar-refractivity contribution >= 4 is 5.69 Å². The van der Waals surface area contributed by atoms with Gasteiger partial charge in [-0.25, -0.2) is 0 Å². The summed E-state index contributed by atoms with van der Waals surface area (Å²) < 4.78 is 5.07. The molecule has 4 nitrogen and oxygen atoms in total. The van der Waals surface area contributed by atoms with Gasteiger partial charge in [-0.3, -0.25) is 0 Å². The first-order valence-corrected chi connectivity index (χ1v) is 5.84. The molecule has 0 aliphatic rings. The van der Waals surface area contributed by atoms with Crippen molar-refractivity contribution in [3.63, 3.8) is 0 Å². The van der Waals surface area contributed by atoms with Crippen molar-refractivity contribution in [1.82, 2.24) is 0 Å². The third-order valence-corrected chi connectivity index (χ3v) is 2.75. The minimum absolute atomic E-state index is 0.475. The summed E-state index contributed by atoms with van der Waals surface area (Å²) in [5.41, 5.74) is 2.67. The molecule has 0 aliphatic carbocycles. The maximum Gasteiger partial charge on any atom is 0.0994 e. The summed E-state index contributed by atoms with van der Waals surface area (Å²) in [4.78, 5) is 2.10. The summed E-state index contributed by atoms with van der Waals surface area (Å²) in [7, 11) is 1.66. The first-order chi connectivity index (χ1) is 8.72. The molecule has 0 unspecified atom stereocenters. The number of nitrogens with zero attached hydrogens (tertiary/aromatic N) is 3. The van der Waals surface area contributed by atoms with Gasteiger partial charge in [0.2, 0.25) is 0 Å². The van der Waals surface area contributed by atoms with Crippen molar-refractivity contribution < 1.29 is 4.74 Å². The van der Waals surface area contributed by atoms with Crippen LogP contribution in [0.5, 0.6) is 0 Å². The predicted octanol–water partition coefficient (Wildman–Crippen LogP) is 2.23. The highest BCUT2D eigenvalue weighted by molar-refractivity contribution is 5.53. The molecule has 0 radical (unpaired) electrons. The van der Waals surface area contributed by atoms with Gasteiger partial charge < -0.3 is 9.64 Å². The van der Waals surface area contributed by atoms with Gasteiger partial charge in [0.25, 0.3) is 0 Å². The maximum atomic E-state index is 8.90. The Kier molecular flexibility index (Phi) is 5.70. The summed E-state index contributed by atoms with van der Waals surface area (Å²) >= 11 is 0. The van der Waals surface area contributed by atoms with Crippen LogP contribution in [0.2, 0.25) is 0 Å². The number of benzene rings is 1. The molecule has 4 heteroatoms. The lowest BCUT2D eigenvalue weighted by atomic mass is 10.1. The molecule has 0 bridgehead atoms. The Balaban J connectivity index is 2.87. The van der Waals surface area contributed by atoms with Gasteiger partial charge in [0, 0.05) is 25.9 Å². The topological polar surface area (TPSA) is 60.0 Å². The van der Waals surface area contributed by atoms with Gasteiger partial charge in [-0.15, -0.1) is 0 Å². The fourth-order valence-electron chi connectivity index (χ4n) is 1.73. The van der Waals surface area contributed by atoms with E-state index >= 15 is 0 Å². The van der Waals surface area contributed by atoms with Crippen LogP contribution in [-0.2, 0) is 4.74 Å². The highest BCUT2D eigenvalue weighted by Crippen LogP contribution is 2.19. The molecular formula is C14H17N3O. The molecule has 18 heavy (non-hydrogen) atoms. The maximum absolute atomic E-state index is 8.90. The fourth-order valence-corrected chi connectivity index (χ4v) is 1.73. The molecule has 0 spiro atoms. The van der Waals surface area contributed by atoms with Crippen LogP contribution < -0.4 is 4.90 Å². The number of anilines is 1. The van der Waals surface area contributed by atoms with Crippen molar-refractivity contribution in [2.24, 2.45) is 0 Å². The van der Waals surface area contributed by atoms with Crippen molar-refractivity contribution in [1.29, 1.82) is 10.5 Å². The Bertz CT molecular complexity index is 471. The lowest BCUT2D eigenvalue weighted by molar-refractivity contribution is 0.205. The van der Waals surface area contributed by atoms with E-state index in [9.17, 15) is 0 Å². The third-order valence-electron chi connectivity index (χ3n) is 2.75. The summed E-state index contributed by atoms with van der Waals surface area (Å²) in [6.07, 6.45) is 0.475. The second-order valence-electron chi connectivity index (χ2n) is 4.00. The van der Waals surface area contributed by atoms with E-state index in [2.05, 4.69) is 17.0 Å². The molecule has 0 saturated heterocycles. The molecule has 0 saturated carbocycles. The first kappa shape index (κ1) is 14.0. The first-order valence-electron chi connectivity index (χ1n) is 5.84. The molecule has 0 amide bonds. The lowest BCUT2D eigenvalue weighted by Gasteiger charge is -2.24. The zero-order valence-corrected chi connectivity index (χ0v) is 10.8. The number of hydrogen-bond acceptors (Lipinski definition) is 4. The van der Waals surface area contributed by atoms with E-state index in [4.69, 9.17) is 15.3 Å². The summed E-state index contributed by atoms with van der Waals surface area (Å²) in [6.45, 7) is 3.94. The second kappa shape index (κ2) is 7.32. The monoisotopic (exact) mass is 243 g/mol. The summed E-state index contributed by atoms with van der Waals surface area (Å²) in [5, 5.41) is 17.6. The average molecular weight is 243 g/mol. The van der Waals surface area contributed by atoms with Crippen LogP contribution in [0, 0.1) is 29.6 Å². The van der Waals surface area contributed by atoms with Gasteiger partial charge in [-0.2, -0.15) is 10.5 Å². The van der Waals surface area contributed by atoms with Crippen LogP contribution in [0.25, 0.3) is 0 Å². The van der Waals surface area contributed by atoms with Gasteiger partial charge in [0.1, 0.15) is 0 Å². The molecule has 0 aliphatic heterocycles. The highest BCUT2D eigenvalue weighted by Gasteiger charge is 2.07. The third kappa shape index (κ3) is 3.76. The zero-order valence-electron chi connectivity index (χ0n) is 10.8. The van der Waals surface area contributed by atoms with Gasteiger partial charge >= 0.3 is 0 Å². The largest absolute Gasteiger partial charge is 0.383 e. The zero-order chi connectivity index (χ0) is 13.4. The average Bonchev–Trinajstić information content (AvgIpc) is 2.39. The van der Waals surface area contributed by atoms with Gasteiger partial charge in [-0.1, -0.05) is 0 Å². The molecular weight excluding hydrogens is 226 g/mol. The second-order valence-corrected chi connectivity index (χ2v) is 4.00. The van der Waals surface area contributed by atoms with Crippen molar-refractivity contribution in [2.75, 3.05) is 31.7 Å². The van der Waals surface area contributed by atoms with E-state index in [1.54, 1.807) is 7.11 Å². The molecule has 0 N–H and O–H groups in total. The Morgan fingerprint density at radius 3 is 2.61 bits per heavy atom. The molecule has 94 valence electrons. The Hall–Kier alpha value is -2.04. The van der Waals surface area contributed by atoms with E-state index in [0.29, 0.717) is 25.1 Å². The Labute approximate surface area is 108 Å². The Morgan fingerprint density at radius 1 is 1.28 bits per heavy atom. The molecule has 1 aromatic rings. The van der Waals surface area contributed by atoms with Crippen molar-refractivity contribution in [3.05, 3.63) is 29.3 Å². The van der Waals surface area contributed by atoms with Gasteiger partial charge in [-0.05, 0) is 30.7 Å². The van der Waals surface area contributed by atoms with Crippen LogP contribution in [0.1, 0.15) is 17.5 Å². The normalized spacial score (nSPS) is 9.56. The Morgan fingerprint density at radius 2 is 2.06 bits per heavy atom. The number of nitriles is 2. The molecule has 0 fully saturated rings. The van der Waals surface area contributed by atoms with Gasteiger partial charge in [0.05, 0.1) is 30.7 Å². The van der Waals surface area contributed by atoms with E-state index in [1.807, 2.05) is 25.1 Å². The van der Waals surface area contributed by atoms with Crippen molar-refractivity contribution in [3.8, 4) is 12.1 Å². The van der Waals surface area contributed by atoms with E-state index in [1.165, 1.54) is 0 Å². The van der Waals surface area contributed by atoms with Gasteiger partial charge in [0.15, 0.2) is 0 Å². The van der Waals surface area contributed by atoms with Crippen LogP contribution in [0.15, 0.2) is 18.2 Å². The summed E-state index contributed by atoms with van der Waals surface area (Å²) in [6, 6.07) is 10.0. The lowest BCUT2D eigenvalue weighted by Crippen LogP contribution is -2.28. The SMILES string of the molecule is COCCN(CCC#N)c1ccc(C#N)c(C)c1. The highest BCUT2D eigenvalue weighted by atomic mass is 16.5. The number of hydrogen-bond donors (Lipinski definition) is 0. The molecule has 0 atom stereocenters. The van der Waals surface area contributed by atoms with Crippen LogP contribution >= 0.6 is 0 Å². The molecule has 1 rings (SSSR count). The number of methoxy groups -OCH3 is 1. The smallest absolute Gasteiger partial charge is 0.0994 e. The van der Waals surface area contributed by atoms with E-state index in [0.717, 1.165) is 17.8 Å². The van der Waals surface area contributed by atoms with E-state index < -0.39 is 0 Å². The summed E-state index contributed by atoms with van der Waals surface area (Å²) in [5.74, 6) is 0. The predicted molar refractivity (Wildman–Crippen MR) is 70.2 cm³/mol. The molecule has 1 aromatic carbocycles. The van der Waals surface area contributed by atoms with Crippen LogP contribution in [0.3, 0.4) is 0 Å². The quantitative estimate of drug-likeness (QED) is 0.768. The number of ether oxygens (including phenoxy) is 1. The number of aryl methyl sites for hydroxylation is 1. The number of rotatable bonds is 6. The van der Waals surface area contributed by atoms with E-state index in [-0.39, 0.29) is 0 Å². The van der Waals surface area contributed by atoms with Crippen LogP contribution in [0.4, 0.5) is 5.69 Å². The van der Waals surface area contributed by atoms with Crippen molar-refractivity contribution in [2.45, 2.75) is 13.3 Å². The van der Waals surface area contributed by atoms with Crippen LogP contribution in [-0.4, -0.2) is 26.8 Å².